The molecule has 3 aromatic carbocycles. The number of aromatic amines is 1. The fourth-order valence-corrected chi connectivity index (χ4v) is 2.90. The molecule has 2 N–H and O–H groups in total. The quantitative estimate of drug-likeness (QED) is 0.332. The van der Waals surface area contributed by atoms with Crippen LogP contribution >= 0.6 is 11.6 Å². The molecule has 154 valence electrons. The Morgan fingerprint density at radius 2 is 1.81 bits per heavy atom. The average Bonchev–Trinajstić information content (AvgIpc) is 2.80. The predicted molar refractivity (Wildman–Crippen MR) is 122 cm³/mol. The number of nitrogens with zero attached hydrogens (tertiary/aromatic N) is 3. The number of anilines is 1. The van der Waals surface area contributed by atoms with Gasteiger partial charge in [0.25, 0.3) is 5.56 Å². The maximum Gasteiger partial charge on any atom is 0.279 e. The molecule has 8 heteroatoms. The van der Waals surface area contributed by atoms with Crippen molar-refractivity contribution in [2.75, 3.05) is 5.43 Å². The SMILES string of the molecule is O=c1[nH]c(N/N=C/c2cccc(OCc3ccc(Cl)cc3)c2)nnc1-c1ccccc1. The second kappa shape index (κ2) is 9.69. The summed E-state index contributed by atoms with van der Waals surface area (Å²) in [6.07, 6.45) is 1.60. The van der Waals surface area contributed by atoms with E-state index in [1.54, 1.807) is 18.3 Å². The lowest BCUT2D eigenvalue weighted by atomic mass is 10.2. The third-order valence-electron chi connectivity index (χ3n) is 4.31. The van der Waals surface area contributed by atoms with Gasteiger partial charge in [0.2, 0.25) is 5.95 Å². The van der Waals surface area contributed by atoms with Gasteiger partial charge in [-0.1, -0.05) is 66.2 Å². The second-order valence-corrected chi connectivity index (χ2v) is 7.01. The van der Waals surface area contributed by atoms with Crippen molar-refractivity contribution in [3.63, 3.8) is 0 Å². The Bertz CT molecular complexity index is 1240. The minimum atomic E-state index is -0.350. The largest absolute Gasteiger partial charge is 0.489 e. The molecule has 0 radical (unpaired) electrons. The van der Waals surface area contributed by atoms with Gasteiger partial charge in [-0.05, 0) is 35.4 Å². The maximum atomic E-state index is 12.3. The Balaban J connectivity index is 1.38. The van der Waals surface area contributed by atoms with Crippen LogP contribution in [0.4, 0.5) is 5.95 Å². The van der Waals surface area contributed by atoms with Gasteiger partial charge in [0.05, 0.1) is 6.21 Å². The number of aromatic nitrogens is 3. The van der Waals surface area contributed by atoms with E-state index in [0.717, 1.165) is 11.1 Å². The van der Waals surface area contributed by atoms with Gasteiger partial charge in [-0.3, -0.25) is 9.78 Å². The molecule has 4 rings (SSSR count). The van der Waals surface area contributed by atoms with Crippen LogP contribution in [0.3, 0.4) is 0 Å². The minimum absolute atomic E-state index is 0.149. The molecule has 1 aromatic heterocycles. The van der Waals surface area contributed by atoms with Crippen LogP contribution in [0.2, 0.25) is 5.02 Å². The van der Waals surface area contributed by atoms with E-state index in [9.17, 15) is 4.79 Å². The monoisotopic (exact) mass is 431 g/mol. The Labute approximate surface area is 183 Å². The molecule has 0 atom stereocenters. The summed E-state index contributed by atoms with van der Waals surface area (Å²) in [5, 5.41) is 12.8. The van der Waals surface area contributed by atoms with Gasteiger partial charge in [0.15, 0.2) is 5.69 Å². The third-order valence-corrected chi connectivity index (χ3v) is 4.56. The number of H-pyrrole nitrogens is 1. The molecular formula is C23H18ClN5O2. The fraction of sp³-hybridized carbons (Fsp3) is 0.0435. The van der Waals surface area contributed by atoms with Gasteiger partial charge >= 0.3 is 0 Å². The van der Waals surface area contributed by atoms with Crippen LogP contribution in [0.15, 0.2) is 88.8 Å². The lowest BCUT2D eigenvalue weighted by Gasteiger charge is -2.07. The number of hydrogen-bond acceptors (Lipinski definition) is 6. The molecule has 0 aliphatic heterocycles. The van der Waals surface area contributed by atoms with E-state index in [2.05, 4.69) is 25.7 Å². The second-order valence-electron chi connectivity index (χ2n) is 6.57. The Hall–Kier alpha value is -3.97. The molecule has 0 fully saturated rings. The molecule has 31 heavy (non-hydrogen) atoms. The van der Waals surface area contributed by atoms with Gasteiger partial charge in [-0.2, -0.15) is 5.10 Å². The Kier molecular flexibility index (Phi) is 6.35. The topological polar surface area (TPSA) is 92.3 Å². The molecular weight excluding hydrogens is 414 g/mol. The van der Waals surface area contributed by atoms with Crippen molar-refractivity contribution in [2.24, 2.45) is 5.10 Å². The fourth-order valence-electron chi connectivity index (χ4n) is 2.77. The Morgan fingerprint density at radius 1 is 1.00 bits per heavy atom. The van der Waals surface area contributed by atoms with Crippen LogP contribution in [0.25, 0.3) is 11.3 Å². The molecule has 0 unspecified atom stereocenters. The molecule has 0 saturated heterocycles. The van der Waals surface area contributed by atoms with Crippen LogP contribution in [-0.4, -0.2) is 21.4 Å². The number of hydrogen-bond donors (Lipinski definition) is 2. The summed E-state index contributed by atoms with van der Waals surface area (Å²) in [6.45, 7) is 0.431. The summed E-state index contributed by atoms with van der Waals surface area (Å²) in [7, 11) is 0. The normalized spacial score (nSPS) is 10.9. The first-order chi connectivity index (χ1) is 15.2. The van der Waals surface area contributed by atoms with Crippen molar-refractivity contribution in [2.45, 2.75) is 6.61 Å². The summed E-state index contributed by atoms with van der Waals surface area (Å²) in [4.78, 5) is 14.9. The van der Waals surface area contributed by atoms with Crippen molar-refractivity contribution < 1.29 is 4.74 Å². The van der Waals surface area contributed by atoms with Crippen LogP contribution in [0.5, 0.6) is 5.75 Å². The van der Waals surface area contributed by atoms with Gasteiger partial charge in [-0.25, -0.2) is 5.43 Å². The molecule has 0 amide bonds. The summed E-state index contributed by atoms with van der Waals surface area (Å²) >= 11 is 5.90. The first-order valence-electron chi connectivity index (χ1n) is 9.46. The highest BCUT2D eigenvalue weighted by Gasteiger charge is 2.06. The molecule has 0 aliphatic rings. The first kappa shape index (κ1) is 20.3. The van der Waals surface area contributed by atoms with Crippen molar-refractivity contribution in [1.82, 2.24) is 15.2 Å². The standard InChI is InChI=1S/C23H18ClN5O2/c24-19-11-9-16(10-12-19)15-31-20-8-4-5-17(13-20)14-25-28-23-26-22(30)21(27-29-23)18-6-2-1-3-7-18/h1-14H,15H2,(H2,26,28,29,30)/b25-14+. The highest BCUT2D eigenvalue weighted by atomic mass is 35.5. The number of nitrogens with one attached hydrogen (secondary N) is 2. The zero-order chi connectivity index (χ0) is 21.5. The van der Waals surface area contributed by atoms with Crippen LogP contribution < -0.4 is 15.7 Å². The van der Waals surface area contributed by atoms with E-state index in [1.165, 1.54) is 0 Å². The summed E-state index contributed by atoms with van der Waals surface area (Å²) in [5.41, 5.74) is 5.12. The number of rotatable bonds is 7. The highest BCUT2D eigenvalue weighted by Crippen LogP contribution is 2.16. The van der Waals surface area contributed by atoms with E-state index in [4.69, 9.17) is 16.3 Å². The van der Waals surface area contributed by atoms with Crippen LogP contribution in [0, 0.1) is 0 Å². The minimum Gasteiger partial charge on any atom is -0.489 e. The molecule has 0 bridgehead atoms. The van der Waals surface area contributed by atoms with Gasteiger partial charge < -0.3 is 4.74 Å². The van der Waals surface area contributed by atoms with Crippen molar-refractivity contribution in [3.8, 4) is 17.0 Å². The average molecular weight is 432 g/mol. The number of ether oxygens (including phenoxy) is 1. The highest BCUT2D eigenvalue weighted by molar-refractivity contribution is 6.30. The number of benzene rings is 3. The molecule has 1 heterocycles. The van der Waals surface area contributed by atoms with E-state index in [-0.39, 0.29) is 17.2 Å². The van der Waals surface area contributed by atoms with E-state index in [1.807, 2.05) is 66.7 Å². The van der Waals surface area contributed by atoms with Gasteiger partial charge in [0, 0.05) is 10.6 Å². The van der Waals surface area contributed by atoms with Crippen molar-refractivity contribution in [3.05, 3.63) is 105 Å². The van der Waals surface area contributed by atoms with Crippen LogP contribution in [-0.2, 0) is 6.61 Å². The van der Waals surface area contributed by atoms with E-state index in [0.29, 0.717) is 22.9 Å². The van der Waals surface area contributed by atoms with E-state index < -0.39 is 0 Å². The van der Waals surface area contributed by atoms with Crippen molar-refractivity contribution >= 4 is 23.8 Å². The third kappa shape index (κ3) is 5.55. The lowest BCUT2D eigenvalue weighted by molar-refractivity contribution is 0.306. The molecule has 4 aromatic rings. The molecule has 0 spiro atoms. The smallest absolute Gasteiger partial charge is 0.279 e. The molecule has 0 saturated carbocycles. The lowest BCUT2D eigenvalue weighted by Crippen LogP contribution is -2.15. The van der Waals surface area contributed by atoms with E-state index >= 15 is 0 Å². The predicted octanol–water partition coefficient (Wildman–Crippen LogP) is 4.51. The summed E-state index contributed by atoms with van der Waals surface area (Å²) in [6, 6.07) is 24.1. The zero-order valence-electron chi connectivity index (χ0n) is 16.3. The van der Waals surface area contributed by atoms with Crippen molar-refractivity contribution in [1.29, 1.82) is 0 Å². The first-order valence-corrected chi connectivity index (χ1v) is 9.84. The summed E-state index contributed by atoms with van der Waals surface area (Å²) < 4.78 is 5.81. The van der Waals surface area contributed by atoms with Gasteiger partial charge in [0.1, 0.15) is 12.4 Å². The molecule has 7 nitrogen and oxygen atoms in total. The Morgan fingerprint density at radius 3 is 2.58 bits per heavy atom. The number of hydrazone groups is 1. The maximum absolute atomic E-state index is 12.3. The molecule has 0 aliphatic carbocycles. The summed E-state index contributed by atoms with van der Waals surface area (Å²) in [5.74, 6) is 0.857. The van der Waals surface area contributed by atoms with Crippen LogP contribution in [0.1, 0.15) is 11.1 Å². The zero-order valence-corrected chi connectivity index (χ0v) is 17.1. The number of halogens is 1. The van der Waals surface area contributed by atoms with Gasteiger partial charge in [-0.15, -0.1) is 10.2 Å².